The topological polar surface area (TPSA) is 131 Å². The zero-order valence-corrected chi connectivity index (χ0v) is 18.6. The van der Waals surface area contributed by atoms with Crippen LogP contribution in [0.25, 0.3) is 0 Å². The highest BCUT2D eigenvalue weighted by Crippen LogP contribution is 2.17. The van der Waals surface area contributed by atoms with Gasteiger partial charge in [0.05, 0.1) is 12.2 Å². The number of aromatic nitrogens is 4. The molecule has 0 aliphatic carbocycles. The lowest BCUT2D eigenvalue weighted by atomic mass is 10.1. The van der Waals surface area contributed by atoms with Crippen molar-refractivity contribution in [1.29, 1.82) is 0 Å². The molecule has 0 saturated heterocycles. The highest BCUT2D eigenvalue weighted by molar-refractivity contribution is 5.97. The van der Waals surface area contributed by atoms with Crippen LogP contribution in [0.2, 0.25) is 0 Å². The van der Waals surface area contributed by atoms with Gasteiger partial charge in [0.15, 0.2) is 0 Å². The van der Waals surface area contributed by atoms with Crippen LogP contribution in [-0.2, 0) is 22.7 Å². The van der Waals surface area contributed by atoms with Gasteiger partial charge in [0.25, 0.3) is 12.4 Å². The third-order valence-electron chi connectivity index (χ3n) is 4.72. The number of hydrogen-bond acceptors (Lipinski definition) is 5. The first-order valence-electron chi connectivity index (χ1n) is 10.0. The Labute approximate surface area is 186 Å². The van der Waals surface area contributed by atoms with Crippen LogP contribution in [0.5, 0.6) is 0 Å². The molecule has 0 bridgehead atoms. The van der Waals surface area contributed by atoms with Crippen molar-refractivity contribution >= 4 is 24.0 Å². The molecular formula is C22H28N6O4. The SMILES string of the molecule is Cc1cc(C)n(CCNC(=O)c2ccc(C)c(NC(=O)Cn3ccnc3C)c2)n1.O=CO. The summed E-state index contributed by atoms with van der Waals surface area (Å²) >= 11 is 0. The zero-order valence-electron chi connectivity index (χ0n) is 18.6. The molecule has 2 amide bonds. The summed E-state index contributed by atoms with van der Waals surface area (Å²) < 4.78 is 3.63. The normalized spacial score (nSPS) is 10.1. The second-order valence-corrected chi connectivity index (χ2v) is 7.19. The largest absolute Gasteiger partial charge is 0.483 e. The van der Waals surface area contributed by atoms with Crippen LogP contribution in [0, 0.1) is 27.7 Å². The lowest BCUT2D eigenvalue weighted by Gasteiger charge is -2.12. The van der Waals surface area contributed by atoms with Crippen molar-refractivity contribution in [1.82, 2.24) is 24.6 Å². The number of benzene rings is 1. The maximum atomic E-state index is 12.5. The van der Waals surface area contributed by atoms with Crippen molar-refractivity contribution in [2.45, 2.75) is 40.8 Å². The number of carbonyl (C=O) groups excluding carboxylic acids is 2. The number of carbonyl (C=O) groups is 3. The molecule has 0 aliphatic rings. The van der Waals surface area contributed by atoms with Gasteiger partial charge in [-0.3, -0.25) is 19.1 Å². The highest BCUT2D eigenvalue weighted by atomic mass is 16.3. The van der Waals surface area contributed by atoms with Crippen LogP contribution in [0.3, 0.4) is 0 Å². The minimum absolute atomic E-state index is 0.170. The molecule has 32 heavy (non-hydrogen) atoms. The van der Waals surface area contributed by atoms with Crippen LogP contribution < -0.4 is 10.6 Å². The van der Waals surface area contributed by atoms with E-state index in [2.05, 4.69) is 20.7 Å². The predicted octanol–water partition coefficient (Wildman–Crippen LogP) is 2.08. The number of rotatable bonds is 7. The molecule has 1 aromatic carbocycles. The average molecular weight is 441 g/mol. The molecule has 0 fully saturated rings. The van der Waals surface area contributed by atoms with E-state index in [1.165, 1.54) is 0 Å². The molecule has 0 atom stereocenters. The summed E-state index contributed by atoms with van der Waals surface area (Å²) in [6, 6.07) is 7.28. The second-order valence-electron chi connectivity index (χ2n) is 7.19. The highest BCUT2D eigenvalue weighted by Gasteiger charge is 2.11. The van der Waals surface area contributed by atoms with E-state index in [1.807, 2.05) is 44.5 Å². The van der Waals surface area contributed by atoms with Crippen molar-refractivity contribution in [2.24, 2.45) is 0 Å². The van der Waals surface area contributed by atoms with E-state index >= 15 is 0 Å². The van der Waals surface area contributed by atoms with Gasteiger partial charge in [0.1, 0.15) is 12.4 Å². The molecule has 170 valence electrons. The van der Waals surface area contributed by atoms with Crippen molar-refractivity contribution in [3.63, 3.8) is 0 Å². The summed E-state index contributed by atoms with van der Waals surface area (Å²) in [4.78, 5) is 37.3. The number of anilines is 1. The molecule has 10 nitrogen and oxygen atoms in total. The van der Waals surface area contributed by atoms with Gasteiger partial charge in [-0.15, -0.1) is 0 Å². The first-order valence-corrected chi connectivity index (χ1v) is 10.0. The van der Waals surface area contributed by atoms with Gasteiger partial charge in [-0.2, -0.15) is 5.10 Å². The number of aryl methyl sites for hydroxylation is 4. The van der Waals surface area contributed by atoms with E-state index in [1.54, 1.807) is 29.1 Å². The van der Waals surface area contributed by atoms with Gasteiger partial charge in [-0.1, -0.05) is 6.07 Å². The molecule has 0 saturated carbocycles. The van der Waals surface area contributed by atoms with Gasteiger partial charge in [0, 0.05) is 35.9 Å². The minimum Gasteiger partial charge on any atom is -0.483 e. The summed E-state index contributed by atoms with van der Waals surface area (Å²) in [7, 11) is 0. The van der Waals surface area contributed by atoms with Crippen LogP contribution in [0.1, 0.15) is 33.1 Å². The molecule has 2 heterocycles. The number of nitrogens with zero attached hydrogens (tertiary/aromatic N) is 4. The van der Waals surface area contributed by atoms with Crippen LogP contribution in [0.4, 0.5) is 5.69 Å². The zero-order chi connectivity index (χ0) is 23.7. The Morgan fingerprint density at radius 1 is 1.16 bits per heavy atom. The number of nitrogens with one attached hydrogen (secondary N) is 2. The van der Waals surface area contributed by atoms with E-state index in [0.717, 1.165) is 22.8 Å². The van der Waals surface area contributed by atoms with Gasteiger partial charge >= 0.3 is 0 Å². The fourth-order valence-corrected chi connectivity index (χ4v) is 3.09. The number of hydrogen-bond donors (Lipinski definition) is 3. The van der Waals surface area contributed by atoms with Crippen molar-refractivity contribution in [2.75, 3.05) is 11.9 Å². The van der Waals surface area contributed by atoms with Gasteiger partial charge < -0.3 is 20.3 Å². The molecule has 3 N–H and O–H groups in total. The molecule has 0 aliphatic heterocycles. The number of amides is 2. The Hall–Kier alpha value is -3.95. The van der Waals surface area contributed by atoms with Crippen LogP contribution in [0.15, 0.2) is 36.7 Å². The molecule has 0 radical (unpaired) electrons. The Morgan fingerprint density at radius 2 is 1.88 bits per heavy atom. The van der Waals surface area contributed by atoms with E-state index in [4.69, 9.17) is 9.90 Å². The third-order valence-corrected chi connectivity index (χ3v) is 4.72. The first-order chi connectivity index (χ1) is 15.2. The summed E-state index contributed by atoms with van der Waals surface area (Å²) in [5.41, 5.74) is 4.03. The van der Waals surface area contributed by atoms with Crippen molar-refractivity contribution in [3.8, 4) is 0 Å². The molecule has 0 unspecified atom stereocenters. The van der Waals surface area contributed by atoms with Crippen LogP contribution in [-0.4, -0.2) is 49.3 Å². The Balaban J connectivity index is 0.00000114. The standard InChI is InChI=1S/C21H26N6O2.CH2O2/c1-14-5-6-18(21(29)23-8-10-27-16(3)11-15(2)25-27)12-19(14)24-20(28)13-26-9-7-22-17(26)4;2-1-3/h5-7,9,11-12H,8,10,13H2,1-4H3,(H,23,29)(H,24,28);1H,(H,2,3). The van der Waals surface area contributed by atoms with E-state index in [0.29, 0.717) is 24.3 Å². The predicted molar refractivity (Wildman–Crippen MR) is 119 cm³/mol. The first kappa shape index (κ1) is 24.3. The second kappa shape index (κ2) is 11.4. The number of carboxylic acid groups (broad SMARTS) is 1. The Bertz CT molecular complexity index is 1090. The van der Waals surface area contributed by atoms with Crippen molar-refractivity contribution in [3.05, 3.63) is 65.0 Å². The lowest BCUT2D eigenvalue weighted by Crippen LogP contribution is -2.28. The van der Waals surface area contributed by atoms with Gasteiger partial charge in [-0.05, 0) is 51.5 Å². The quantitative estimate of drug-likeness (QED) is 0.482. The van der Waals surface area contributed by atoms with Crippen molar-refractivity contribution < 1.29 is 19.5 Å². The van der Waals surface area contributed by atoms with E-state index in [9.17, 15) is 9.59 Å². The van der Waals surface area contributed by atoms with E-state index in [-0.39, 0.29) is 24.8 Å². The Morgan fingerprint density at radius 3 is 2.47 bits per heavy atom. The fourth-order valence-electron chi connectivity index (χ4n) is 3.09. The van der Waals surface area contributed by atoms with Gasteiger partial charge in [0.2, 0.25) is 5.91 Å². The fraction of sp³-hybridized carbons (Fsp3) is 0.318. The molecule has 10 heteroatoms. The van der Waals surface area contributed by atoms with Gasteiger partial charge in [-0.25, -0.2) is 4.98 Å². The summed E-state index contributed by atoms with van der Waals surface area (Å²) in [5, 5.41) is 17.1. The minimum atomic E-state index is -0.250. The summed E-state index contributed by atoms with van der Waals surface area (Å²) in [6.07, 6.45) is 3.42. The molecular weight excluding hydrogens is 412 g/mol. The third kappa shape index (κ3) is 6.79. The number of imidazole rings is 1. The smallest absolute Gasteiger partial charge is 0.290 e. The molecule has 3 rings (SSSR count). The summed E-state index contributed by atoms with van der Waals surface area (Å²) in [5.74, 6) is 0.413. The lowest BCUT2D eigenvalue weighted by molar-refractivity contribution is -0.123. The monoisotopic (exact) mass is 440 g/mol. The molecule has 0 spiro atoms. The molecule has 2 aromatic heterocycles. The Kier molecular flexibility index (Phi) is 8.70. The maximum absolute atomic E-state index is 12.5. The molecule has 3 aromatic rings. The van der Waals surface area contributed by atoms with Crippen LogP contribution >= 0.6 is 0 Å². The maximum Gasteiger partial charge on any atom is 0.290 e. The summed E-state index contributed by atoms with van der Waals surface area (Å²) in [6.45, 7) is 8.66. The average Bonchev–Trinajstić information content (AvgIpc) is 3.28. The van der Waals surface area contributed by atoms with E-state index < -0.39 is 0 Å².